The Bertz CT molecular complexity index is 1060. The zero-order valence-corrected chi connectivity index (χ0v) is 18.6. The molecule has 1 saturated heterocycles. The lowest BCUT2D eigenvalue weighted by Gasteiger charge is -2.36. The Morgan fingerprint density at radius 2 is 1.73 bits per heavy atom. The highest BCUT2D eigenvalue weighted by Crippen LogP contribution is 2.31. The van der Waals surface area contributed by atoms with Gasteiger partial charge in [0, 0.05) is 50.5 Å². The summed E-state index contributed by atoms with van der Waals surface area (Å²) in [5, 5.41) is 1.67. The maximum absolute atomic E-state index is 12.3. The summed E-state index contributed by atoms with van der Waals surface area (Å²) in [4.78, 5) is 20.8. The fourth-order valence-electron chi connectivity index (χ4n) is 3.78. The van der Waals surface area contributed by atoms with E-state index in [2.05, 4.69) is 44.8 Å². The summed E-state index contributed by atoms with van der Waals surface area (Å²) in [5.74, 6) is 0. The van der Waals surface area contributed by atoms with Crippen molar-refractivity contribution >= 4 is 34.4 Å². The Kier molecular flexibility index (Phi) is 5.36. The third-order valence-electron chi connectivity index (χ3n) is 5.34. The number of nitrogens with zero attached hydrogens (tertiary/aromatic N) is 4. The zero-order valence-electron chi connectivity index (χ0n) is 17.9. The molecule has 1 amide bonds. The first-order valence-corrected chi connectivity index (χ1v) is 10.5. The lowest BCUT2D eigenvalue weighted by molar-refractivity contribution is 0.0240. The Labute approximate surface area is 182 Å². The van der Waals surface area contributed by atoms with E-state index in [-0.39, 0.29) is 6.09 Å². The van der Waals surface area contributed by atoms with Crippen molar-refractivity contribution in [3.63, 3.8) is 0 Å². The minimum atomic E-state index is -0.467. The van der Waals surface area contributed by atoms with E-state index in [0.29, 0.717) is 18.1 Å². The van der Waals surface area contributed by atoms with Gasteiger partial charge < -0.3 is 19.1 Å². The molecule has 0 aliphatic carbocycles. The Hall–Kier alpha value is -2.73. The molecule has 0 spiro atoms. The van der Waals surface area contributed by atoms with Crippen LogP contribution in [0.5, 0.6) is 0 Å². The molecule has 0 saturated carbocycles. The first-order valence-electron chi connectivity index (χ1n) is 10.2. The van der Waals surface area contributed by atoms with Crippen LogP contribution in [0.4, 0.5) is 10.5 Å². The lowest BCUT2D eigenvalue weighted by Crippen LogP contribution is -2.50. The Morgan fingerprint density at radius 1 is 1.07 bits per heavy atom. The lowest BCUT2D eigenvalue weighted by atomic mass is 10.1. The summed E-state index contributed by atoms with van der Waals surface area (Å²) >= 11 is 6.33. The zero-order chi connectivity index (χ0) is 21.5. The highest BCUT2D eigenvalue weighted by molar-refractivity contribution is 6.35. The molecule has 0 N–H and O–H groups in total. The molecule has 6 nitrogen and oxygen atoms in total. The van der Waals surface area contributed by atoms with Gasteiger partial charge in [0.15, 0.2) is 0 Å². The van der Waals surface area contributed by atoms with Crippen LogP contribution in [-0.4, -0.2) is 52.3 Å². The third-order valence-corrected chi connectivity index (χ3v) is 5.67. The number of halogens is 1. The van der Waals surface area contributed by atoms with Gasteiger partial charge in [-0.25, -0.2) is 9.78 Å². The first-order chi connectivity index (χ1) is 14.2. The van der Waals surface area contributed by atoms with Crippen molar-refractivity contribution in [3.8, 4) is 11.3 Å². The average molecular weight is 427 g/mol. The fraction of sp³-hybridized carbons (Fsp3) is 0.391. The molecule has 3 aromatic rings. The van der Waals surface area contributed by atoms with Crippen LogP contribution >= 0.6 is 11.6 Å². The first kappa shape index (κ1) is 20.5. The molecule has 1 fully saturated rings. The van der Waals surface area contributed by atoms with Gasteiger partial charge in [-0.05, 0) is 50.6 Å². The van der Waals surface area contributed by atoms with Crippen molar-refractivity contribution in [1.82, 2.24) is 14.5 Å². The summed E-state index contributed by atoms with van der Waals surface area (Å²) in [7, 11) is 2.00. The van der Waals surface area contributed by atoms with Crippen LogP contribution in [0.25, 0.3) is 22.3 Å². The van der Waals surface area contributed by atoms with Crippen molar-refractivity contribution in [3.05, 3.63) is 47.6 Å². The number of amides is 1. The van der Waals surface area contributed by atoms with E-state index in [9.17, 15) is 4.79 Å². The molecule has 1 aromatic carbocycles. The second-order valence-corrected chi connectivity index (χ2v) is 9.03. The minimum Gasteiger partial charge on any atom is -0.444 e. The van der Waals surface area contributed by atoms with Crippen LogP contribution in [-0.2, 0) is 11.8 Å². The minimum absolute atomic E-state index is 0.236. The van der Waals surface area contributed by atoms with Crippen LogP contribution in [0, 0.1) is 0 Å². The van der Waals surface area contributed by atoms with Gasteiger partial charge in [0.05, 0.1) is 10.7 Å². The molecule has 0 atom stereocenters. The molecule has 0 unspecified atom stereocenters. The molecule has 158 valence electrons. The summed E-state index contributed by atoms with van der Waals surface area (Å²) in [5.41, 5.74) is 3.75. The largest absolute Gasteiger partial charge is 0.444 e. The number of rotatable bonds is 2. The topological polar surface area (TPSA) is 50.6 Å². The number of carbonyl (C=O) groups excluding carboxylic acids is 1. The Balaban J connectivity index is 1.46. The summed E-state index contributed by atoms with van der Waals surface area (Å²) in [6.45, 7) is 8.56. The van der Waals surface area contributed by atoms with E-state index in [4.69, 9.17) is 16.3 Å². The van der Waals surface area contributed by atoms with Crippen molar-refractivity contribution in [2.24, 2.45) is 7.05 Å². The molecule has 7 heteroatoms. The van der Waals surface area contributed by atoms with Gasteiger partial charge in [0.2, 0.25) is 0 Å². The summed E-state index contributed by atoms with van der Waals surface area (Å²) in [6.07, 6.45) is 1.50. The van der Waals surface area contributed by atoms with E-state index in [1.54, 1.807) is 11.1 Å². The number of carbonyl (C=O) groups is 1. The number of ether oxygens (including phenoxy) is 1. The second-order valence-electron chi connectivity index (χ2n) is 8.62. The highest BCUT2D eigenvalue weighted by atomic mass is 35.5. The predicted molar refractivity (Wildman–Crippen MR) is 121 cm³/mol. The normalized spacial score (nSPS) is 15.0. The van der Waals surface area contributed by atoms with E-state index in [1.165, 1.54) is 0 Å². The van der Waals surface area contributed by atoms with Crippen LogP contribution < -0.4 is 4.90 Å². The maximum atomic E-state index is 12.3. The van der Waals surface area contributed by atoms with E-state index < -0.39 is 5.60 Å². The van der Waals surface area contributed by atoms with Crippen molar-refractivity contribution in [2.45, 2.75) is 26.4 Å². The molecule has 0 bridgehead atoms. The summed E-state index contributed by atoms with van der Waals surface area (Å²) in [6, 6.07) is 12.4. The van der Waals surface area contributed by atoms with Crippen molar-refractivity contribution in [1.29, 1.82) is 0 Å². The second kappa shape index (κ2) is 7.84. The Morgan fingerprint density at radius 3 is 2.33 bits per heavy atom. The maximum Gasteiger partial charge on any atom is 0.410 e. The van der Waals surface area contributed by atoms with Gasteiger partial charge in [0.25, 0.3) is 0 Å². The molecule has 0 radical (unpaired) electrons. The highest BCUT2D eigenvalue weighted by Gasteiger charge is 2.26. The number of pyridine rings is 1. The number of benzene rings is 1. The molecule has 4 rings (SSSR count). The van der Waals surface area contributed by atoms with Crippen molar-refractivity contribution in [2.75, 3.05) is 31.1 Å². The van der Waals surface area contributed by atoms with Crippen LogP contribution in [0.3, 0.4) is 0 Å². The monoisotopic (exact) mass is 426 g/mol. The average Bonchev–Trinajstić information content (AvgIpc) is 3.05. The molecular formula is C23H27ClN4O2. The van der Waals surface area contributed by atoms with Gasteiger partial charge in [-0.2, -0.15) is 0 Å². The van der Waals surface area contributed by atoms with E-state index >= 15 is 0 Å². The predicted octanol–water partition coefficient (Wildman–Crippen LogP) is 4.95. The van der Waals surface area contributed by atoms with Crippen LogP contribution in [0.1, 0.15) is 20.8 Å². The van der Waals surface area contributed by atoms with E-state index in [0.717, 1.165) is 41.1 Å². The molecular weight excluding hydrogens is 400 g/mol. The molecule has 3 heterocycles. The number of fused-ring (bicyclic) bond motifs is 1. The third kappa shape index (κ3) is 4.10. The molecule has 1 aliphatic rings. The number of piperazine rings is 1. The number of aryl methyl sites for hydroxylation is 1. The molecule has 30 heavy (non-hydrogen) atoms. The number of anilines is 1. The number of hydrogen-bond acceptors (Lipinski definition) is 4. The number of aromatic nitrogens is 2. The quantitative estimate of drug-likeness (QED) is 0.581. The van der Waals surface area contributed by atoms with E-state index in [1.807, 2.05) is 33.9 Å². The number of hydrogen-bond donors (Lipinski definition) is 0. The smallest absolute Gasteiger partial charge is 0.410 e. The molecule has 1 aliphatic heterocycles. The van der Waals surface area contributed by atoms with Gasteiger partial charge in [0.1, 0.15) is 11.2 Å². The standard InChI is InChI=1S/C23H27ClN4O2/c1-23(2,3)30-22(29)28-13-11-27(12-14-28)17-7-5-16(6-8-17)20-15-18-19(24)9-10-25-21(18)26(20)4/h5-10,15H,11-14H2,1-4H3. The molecule has 2 aromatic heterocycles. The van der Waals surface area contributed by atoms with Crippen LogP contribution in [0.15, 0.2) is 42.6 Å². The van der Waals surface area contributed by atoms with Gasteiger partial charge >= 0.3 is 6.09 Å². The van der Waals surface area contributed by atoms with Crippen LogP contribution in [0.2, 0.25) is 5.02 Å². The SMILES string of the molecule is Cn1c(-c2ccc(N3CCN(C(=O)OC(C)(C)C)CC3)cc2)cc2c(Cl)ccnc21. The fourth-order valence-corrected chi connectivity index (χ4v) is 3.98. The van der Waals surface area contributed by atoms with Crippen molar-refractivity contribution < 1.29 is 9.53 Å². The van der Waals surface area contributed by atoms with Gasteiger partial charge in [-0.15, -0.1) is 0 Å². The van der Waals surface area contributed by atoms with Gasteiger partial charge in [-0.1, -0.05) is 23.7 Å². The van der Waals surface area contributed by atoms with Gasteiger partial charge in [-0.3, -0.25) is 0 Å². The summed E-state index contributed by atoms with van der Waals surface area (Å²) < 4.78 is 7.54.